The molecule has 7 heteroatoms. The highest BCUT2D eigenvalue weighted by Gasteiger charge is 2.72. The highest BCUT2D eigenvalue weighted by molar-refractivity contribution is 6.75. The Labute approximate surface area is 159 Å². The van der Waals surface area contributed by atoms with Gasteiger partial charge < -0.3 is 8.83 Å². The number of rotatable bonds is 3. The van der Waals surface area contributed by atoms with Crippen molar-refractivity contribution in [1.29, 1.82) is 0 Å². The fourth-order valence-electron chi connectivity index (χ4n) is 5.08. The molecule has 138 valence electrons. The van der Waals surface area contributed by atoms with Crippen LogP contribution in [0.25, 0.3) is 0 Å². The minimum atomic E-state index is -0.113. The van der Waals surface area contributed by atoms with Crippen LogP contribution in [-0.4, -0.2) is 12.0 Å². The molecule has 1 aromatic carbocycles. The Morgan fingerprint density at radius 1 is 1.04 bits per heavy atom. The van der Waals surface area contributed by atoms with E-state index in [1.807, 2.05) is 0 Å². The predicted octanol–water partition coefficient (Wildman–Crippen LogP) is 4.64. The van der Waals surface area contributed by atoms with Crippen LogP contribution in [0.3, 0.4) is 0 Å². The highest BCUT2D eigenvalue weighted by atomic mass is 16.4. The summed E-state index contributed by atoms with van der Waals surface area (Å²) in [6.45, 7) is 9.25. The maximum Gasteiger partial charge on any atom is 0.523 e. The lowest BCUT2D eigenvalue weighted by Gasteiger charge is -2.48. The summed E-state index contributed by atoms with van der Waals surface area (Å²) in [7, 11) is 0. The summed E-state index contributed by atoms with van der Waals surface area (Å²) in [5, 5.41) is -0.0865. The summed E-state index contributed by atoms with van der Waals surface area (Å²) < 4.78 is 14.1. The monoisotopic (exact) mass is 363 g/mol. The molecule has 0 saturated heterocycles. The highest BCUT2D eigenvalue weighted by Crippen LogP contribution is 2.60. The van der Waals surface area contributed by atoms with E-state index in [1.54, 1.807) is 18.7 Å². The molecule has 5 rings (SSSR count). The molecule has 0 amide bonds. The number of benzene rings is 1. The van der Waals surface area contributed by atoms with E-state index in [9.17, 15) is 0 Å². The summed E-state index contributed by atoms with van der Waals surface area (Å²) in [6.07, 6.45) is 9.20. The molecule has 2 aliphatic rings. The second-order valence-corrected chi connectivity index (χ2v) is 7.87. The second kappa shape index (κ2) is 5.41. The van der Waals surface area contributed by atoms with Crippen LogP contribution in [-0.2, 0) is 5.54 Å². The van der Waals surface area contributed by atoms with Crippen LogP contribution in [0.15, 0.2) is 58.0 Å². The van der Waals surface area contributed by atoms with Crippen LogP contribution in [0.5, 0.6) is 0 Å². The SMILES string of the molecule is CCC1(C)B2N(c3ncco3)c3ccccc3N2c2occ[n+]2C1(C)CC. The normalized spacial score (nSPS) is 26.1. The topological polar surface area (TPSA) is 49.5 Å². The fraction of sp³-hybridized carbons (Fsp3) is 0.400. The Morgan fingerprint density at radius 3 is 2.41 bits per heavy atom. The van der Waals surface area contributed by atoms with Gasteiger partial charge in [-0.05, 0) is 31.9 Å². The van der Waals surface area contributed by atoms with Gasteiger partial charge in [-0.1, -0.05) is 32.9 Å². The molecule has 2 aliphatic heterocycles. The number of hydrogen-bond donors (Lipinski definition) is 0. The van der Waals surface area contributed by atoms with Gasteiger partial charge in [0.2, 0.25) is 0 Å². The molecular formula is C20H24BN4O2+. The van der Waals surface area contributed by atoms with Crippen molar-refractivity contribution >= 4 is 30.4 Å². The largest absolute Gasteiger partial charge is 0.523 e. The summed E-state index contributed by atoms with van der Waals surface area (Å²) in [4.78, 5) is 9.04. The number of oxazole rings is 2. The maximum absolute atomic E-state index is 6.04. The first-order valence-electron chi connectivity index (χ1n) is 9.63. The lowest BCUT2D eigenvalue weighted by Crippen LogP contribution is -2.73. The molecule has 0 N–H and O–H groups in total. The van der Waals surface area contributed by atoms with Crippen LogP contribution in [0.4, 0.5) is 23.4 Å². The number of aromatic nitrogens is 2. The van der Waals surface area contributed by atoms with Crippen LogP contribution < -0.4 is 14.2 Å². The first kappa shape index (κ1) is 16.5. The fourth-order valence-corrected chi connectivity index (χ4v) is 5.08. The van der Waals surface area contributed by atoms with Gasteiger partial charge in [-0.25, -0.2) is 9.79 Å². The quantitative estimate of drug-likeness (QED) is 0.501. The summed E-state index contributed by atoms with van der Waals surface area (Å²) >= 11 is 0. The van der Waals surface area contributed by atoms with E-state index >= 15 is 0 Å². The van der Waals surface area contributed by atoms with Gasteiger partial charge in [0.15, 0.2) is 0 Å². The number of fused-ring (bicyclic) bond motifs is 5. The molecule has 0 spiro atoms. The molecule has 0 bridgehead atoms. The predicted molar refractivity (Wildman–Crippen MR) is 104 cm³/mol. The van der Waals surface area contributed by atoms with E-state index in [-0.39, 0.29) is 17.8 Å². The van der Waals surface area contributed by atoms with Crippen LogP contribution >= 0.6 is 0 Å². The van der Waals surface area contributed by atoms with E-state index in [0.717, 1.165) is 30.2 Å². The minimum Gasteiger partial charge on any atom is -0.433 e. The van der Waals surface area contributed by atoms with E-state index in [1.165, 1.54) is 0 Å². The Bertz CT molecular complexity index is 988. The van der Waals surface area contributed by atoms with E-state index in [2.05, 4.69) is 77.3 Å². The molecule has 0 fully saturated rings. The van der Waals surface area contributed by atoms with E-state index in [0.29, 0.717) is 6.01 Å². The number of para-hydroxylation sites is 2. The van der Waals surface area contributed by atoms with Crippen molar-refractivity contribution in [2.24, 2.45) is 0 Å². The first-order chi connectivity index (χ1) is 13.1. The van der Waals surface area contributed by atoms with Crippen molar-refractivity contribution in [3.8, 4) is 0 Å². The molecule has 2 aromatic heterocycles. The van der Waals surface area contributed by atoms with Gasteiger partial charge in [0.25, 0.3) is 6.01 Å². The minimum absolute atomic E-state index is 0.00894. The zero-order valence-corrected chi connectivity index (χ0v) is 16.2. The third-order valence-corrected chi connectivity index (χ3v) is 7.07. The van der Waals surface area contributed by atoms with Crippen molar-refractivity contribution in [3.63, 3.8) is 0 Å². The molecule has 2 unspecified atom stereocenters. The second-order valence-electron chi connectivity index (χ2n) is 7.87. The molecule has 0 radical (unpaired) electrons. The van der Waals surface area contributed by atoms with Gasteiger partial charge in [0.1, 0.15) is 29.9 Å². The molecule has 0 aliphatic carbocycles. The summed E-state index contributed by atoms with van der Waals surface area (Å²) in [6, 6.07) is 9.88. The molecule has 3 aromatic rings. The van der Waals surface area contributed by atoms with Gasteiger partial charge in [0, 0.05) is 0 Å². The van der Waals surface area contributed by atoms with Crippen molar-refractivity contribution < 1.29 is 13.4 Å². The zero-order valence-electron chi connectivity index (χ0n) is 16.2. The summed E-state index contributed by atoms with van der Waals surface area (Å²) in [5.74, 6) is 0. The Kier molecular flexibility index (Phi) is 3.30. The molecule has 27 heavy (non-hydrogen) atoms. The van der Waals surface area contributed by atoms with Crippen molar-refractivity contribution in [2.75, 3.05) is 9.62 Å². The Hall–Kier alpha value is -2.70. The van der Waals surface area contributed by atoms with Gasteiger partial charge in [0.05, 0.1) is 17.2 Å². The Morgan fingerprint density at radius 2 is 1.78 bits per heavy atom. The average Bonchev–Trinajstić information content (AvgIpc) is 3.43. The molecule has 0 saturated carbocycles. The third-order valence-electron chi connectivity index (χ3n) is 7.07. The third kappa shape index (κ3) is 1.82. The van der Waals surface area contributed by atoms with Gasteiger partial charge in [-0.2, -0.15) is 4.57 Å². The maximum atomic E-state index is 6.04. The molecule has 4 heterocycles. The average molecular weight is 363 g/mol. The van der Waals surface area contributed by atoms with Crippen molar-refractivity contribution in [2.45, 2.75) is 51.4 Å². The number of hydrogen-bond acceptors (Lipinski definition) is 5. The Balaban J connectivity index is 1.85. The number of nitrogens with zero attached hydrogens (tertiary/aromatic N) is 4. The van der Waals surface area contributed by atoms with Crippen molar-refractivity contribution in [3.05, 3.63) is 49.2 Å². The molecular weight excluding hydrogens is 339 g/mol. The lowest BCUT2D eigenvalue weighted by atomic mass is 9.40. The van der Waals surface area contributed by atoms with Crippen LogP contribution in [0.1, 0.15) is 40.5 Å². The van der Waals surface area contributed by atoms with E-state index < -0.39 is 0 Å². The standard InChI is InChI=1S/C20H24BN4O2/c1-5-19(3)20(4,6-2)23-12-14-27-18(23)25-16-10-8-7-9-15(16)24(21(19)25)17-22-11-13-26-17/h7-14H,5-6H2,1-4H3/q+1. The van der Waals surface area contributed by atoms with Gasteiger partial charge >= 0.3 is 13.0 Å². The van der Waals surface area contributed by atoms with Crippen molar-refractivity contribution in [1.82, 2.24) is 4.98 Å². The van der Waals surface area contributed by atoms with E-state index in [4.69, 9.17) is 8.83 Å². The number of anilines is 4. The zero-order chi connectivity index (χ0) is 18.8. The molecule has 6 nitrogen and oxygen atoms in total. The van der Waals surface area contributed by atoms with Crippen LogP contribution in [0, 0.1) is 0 Å². The lowest BCUT2D eigenvalue weighted by molar-refractivity contribution is -0.760. The summed E-state index contributed by atoms with van der Waals surface area (Å²) in [5.41, 5.74) is 2.09. The van der Waals surface area contributed by atoms with Gasteiger partial charge in [-0.3, -0.25) is 4.81 Å². The molecule has 2 atom stereocenters. The van der Waals surface area contributed by atoms with Gasteiger partial charge in [-0.15, -0.1) is 0 Å². The smallest absolute Gasteiger partial charge is 0.433 e. The first-order valence-corrected chi connectivity index (χ1v) is 9.63. The van der Waals surface area contributed by atoms with Crippen LogP contribution in [0.2, 0.25) is 5.31 Å².